The molecule has 3 aromatic carbocycles. The number of rotatable bonds is 8. The highest BCUT2D eigenvalue weighted by molar-refractivity contribution is 5.96. The third kappa shape index (κ3) is 5.65. The number of nitrogens with zero attached hydrogens (tertiary/aromatic N) is 1. The van der Waals surface area contributed by atoms with E-state index in [4.69, 9.17) is 0 Å². The van der Waals surface area contributed by atoms with Crippen molar-refractivity contribution in [3.05, 3.63) is 107 Å². The lowest BCUT2D eigenvalue weighted by Crippen LogP contribution is -2.19. The molecule has 0 aliphatic carbocycles. The average Bonchev–Trinajstić information content (AvgIpc) is 2.74. The van der Waals surface area contributed by atoms with E-state index in [0.717, 1.165) is 36.8 Å². The van der Waals surface area contributed by atoms with Gasteiger partial charge in [0.25, 0.3) is 5.91 Å². The molecule has 0 saturated heterocycles. The molecular formula is C25H26N2O. The third-order valence-corrected chi connectivity index (χ3v) is 4.69. The summed E-state index contributed by atoms with van der Waals surface area (Å²) in [6.45, 7) is 2.17. The van der Waals surface area contributed by atoms with Gasteiger partial charge in [0.2, 0.25) is 0 Å². The maximum absolute atomic E-state index is 12.6. The minimum Gasteiger partial charge on any atom is -0.267 e. The summed E-state index contributed by atoms with van der Waals surface area (Å²) in [5.74, 6) is -0.178. The molecule has 0 spiro atoms. The molecule has 0 heterocycles. The average molecular weight is 370 g/mol. The zero-order valence-electron chi connectivity index (χ0n) is 16.3. The van der Waals surface area contributed by atoms with Crippen molar-refractivity contribution in [3.8, 4) is 0 Å². The Bertz CT molecular complexity index is 915. The van der Waals surface area contributed by atoms with Crippen molar-refractivity contribution in [2.24, 2.45) is 5.10 Å². The molecule has 0 fully saturated rings. The second kappa shape index (κ2) is 10.2. The Morgan fingerprint density at radius 3 is 2.25 bits per heavy atom. The Morgan fingerprint density at radius 1 is 0.821 bits per heavy atom. The molecule has 3 heteroatoms. The second-order valence-electron chi connectivity index (χ2n) is 6.83. The van der Waals surface area contributed by atoms with Gasteiger partial charge in [0.15, 0.2) is 0 Å². The lowest BCUT2D eigenvalue weighted by molar-refractivity contribution is 0.0954. The second-order valence-corrected chi connectivity index (χ2v) is 6.83. The highest BCUT2D eigenvalue weighted by Gasteiger charge is 2.10. The molecule has 0 aliphatic rings. The number of hydrazone groups is 1. The Morgan fingerprint density at radius 2 is 1.50 bits per heavy atom. The van der Waals surface area contributed by atoms with E-state index in [1.54, 1.807) is 6.21 Å². The minimum atomic E-state index is -0.178. The molecule has 0 aromatic heterocycles. The van der Waals surface area contributed by atoms with Gasteiger partial charge in [-0.3, -0.25) is 4.79 Å². The molecular weight excluding hydrogens is 344 g/mol. The van der Waals surface area contributed by atoms with Crippen molar-refractivity contribution in [1.82, 2.24) is 5.43 Å². The summed E-state index contributed by atoms with van der Waals surface area (Å²) in [6, 6.07) is 26.3. The van der Waals surface area contributed by atoms with E-state index >= 15 is 0 Å². The van der Waals surface area contributed by atoms with Gasteiger partial charge >= 0.3 is 0 Å². The van der Waals surface area contributed by atoms with Crippen LogP contribution in [0.1, 0.15) is 46.0 Å². The summed E-state index contributed by atoms with van der Waals surface area (Å²) in [5, 5.41) is 4.13. The number of amides is 1. The van der Waals surface area contributed by atoms with Crippen molar-refractivity contribution in [3.63, 3.8) is 0 Å². The number of carbonyl (C=O) groups is 1. The Hall–Kier alpha value is -3.20. The van der Waals surface area contributed by atoms with Crippen LogP contribution in [0.2, 0.25) is 0 Å². The maximum Gasteiger partial charge on any atom is 0.271 e. The first kappa shape index (κ1) is 19.6. The summed E-state index contributed by atoms with van der Waals surface area (Å²) in [6.07, 6.45) is 5.61. The number of aryl methyl sites for hydroxylation is 3. The van der Waals surface area contributed by atoms with E-state index in [1.165, 1.54) is 11.1 Å². The Balaban J connectivity index is 1.61. The standard InChI is InChI=1S/C25H26N2O/c1-2-8-20-13-15-22(16-14-20)19-26-27-25(28)24-12-7-6-11-23(24)18-17-21-9-4-3-5-10-21/h3-7,9-16,19H,2,8,17-18H2,1H3,(H,27,28). The predicted octanol–water partition coefficient (Wildman–Crippen LogP) is 5.19. The van der Waals surface area contributed by atoms with E-state index in [-0.39, 0.29) is 5.91 Å². The summed E-state index contributed by atoms with van der Waals surface area (Å²) in [4.78, 5) is 12.6. The molecule has 1 amide bonds. The quantitative estimate of drug-likeness (QED) is 0.430. The van der Waals surface area contributed by atoms with Crippen molar-refractivity contribution in [2.45, 2.75) is 32.6 Å². The van der Waals surface area contributed by atoms with Crippen LogP contribution in [0.25, 0.3) is 0 Å². The molecule has 28 heavy (non-hydrogen) atoms. The predicted molar refractivity (Wildman–Crippen MR) is 116 cm³/mol. The van der Waals surface area contributed by atoms with E-state index in [9.17, 15) is 4.79 Å². The van der Waals surface area contributed by atoms with Crippen LogP contribution in [0.3, 0.4) is 0 Å². The summed E-state index contributed by atoms with van der Waals surface area (Å²) in [5.41, 5.74) is 7.91. The monoisotopic (exact) mass is 370 g/mol. The first-order valence-electron chi connectivity index (χ1n) is 9.80. The van der Waals surface area contributed by atoms with E-state index < -0.39 is 0 Å². The van der Waals surface area contributed by atoms with E-state index in [0.29, 0.717) is 5.56 Å². The van der Waals surface area contributed by atoms with E-state index in [2.05, 4.69) is 41.7 Å². The highest BCUT2D eigenvalue weighted by atomic mass is 16.2. The highest BCUT2D eigenvalue weighted by Crippen LogP contribution is 2.13. The Kier molecular flexibility index (Phi) is 7.14. The van der Waals surface area contributed by atoms with Crippen LogP contribution < -0.4 is 5.43 Å². The van der Waals surface area contributed by atoms with Gasteiger partial charge in [-0.1, -0.05) is 86.1 Å². The smallest absolute Gasteiger partial charge is 0.267 e. The molecule has 3 aromatic rings. The van der Waals surface area contributed by atoms with Gasteiger partial charge in [0.05, 0.1) is 6.21 Å². The number of carbonyl (C=O) groups excluding carboxylic acids is 1. The van der Waals surface area contributed by atoms with Gasteiger partial charge in [-0.05, 0) is 47.6 Å². The van der Waals surface area contributed by atoms with Gasteiger partial charge in [0, 0.05) is 5.56 Å². The first-order chi connectivity index (χ1) is 13.8. The van der Waals surface area contributed by atoms with Crippen LogP contribution >= 0.6 is 0 Å². The van der Waals surface area contributed by atoms with Gasteiger partial charge < -0.3 is 0 Å². The van der Waals surface area contributed by atoms with Crippen molar-refractivity contribution in [2.75, 3.05) is 0 Å². The third-order valence-electron chi connectivity index (χ3n) is 4.69. The van der Waals surface area contributed by atoms with Gasteiger partial charge in [-0.2, -0.15) is 5.10 Å². The molecule has 0 bridgehead atoms. The van der Waals surface area contributed by atoms with Crippen LogP contribution in [-0.4, -0.2) is 12.1 Å². The zero-order valence-corrected chi connectivity index (χ0v) is 16.3. The molecule has 3 nitrogen and oxygen atoms in total. The molecule has 0 unspecified atom stereocenters. The fraction of sp³-hybridized carbons (Fsp3) is 0.200. The zero-order chi connectivity index (χ0) is 19.6. The van der Waals surface area contributed by atoms with Gasteiger partial charge in [-0.25, -0.2) is 5.43 Å². The summed E-state index contributed by atoms with van der Waals surface area (Å²) < 4.78 is 0. The normalized spacial score (nSPS) is 10.9. The van der Waals surface area contributed by atoms with E-state index in [1.807, 2.05) is 54.6 Å². The van der Waals surface area contributed by atoms with Crippen LogP contribution in [0.15, 0.2) is 84.0 Å². The van der Waals surface area contributed by atoms with Crippen LogP contribution in [0, 0.1) is 0 Å². The topological polar surface area (TPSA) is 41.5 Å². The van der Waals surface area contributed by atoms with Gasteiger partial charge in [0.1, 0.15) is 0 Å². The minimum absolute atomic E-state index is 0.178. The number of hydrogen-bond donors (Lipinski definition) is 1. The first-order valence-corrected chi connectivity index (χ1v) is 9.80. The lowest BCUT2D eigenvalue weighted by Gasteiger charge is -2.08. The lowest BCUT2D eigenvalue weighted by atomic mass is 9.99. The molecule has 1 N–H and O–H groups in total. The maximum atomic E-state index is 12.6. The summed E-state index contributed by atoms with van der Waals surface area (Å²) in [7, 11) is 0. The number of nitrogens with one attached hydrogen (secondary N) is 1. The molecule has 0 atom stereocenters. The van der Waals surface area contributed by atoms with Gasteiger partial charge in [-0.15, -0.1) is 0 Å². The molecule has 0 aliphatic heterocycles. The van der Waals surface area contributed by atoms with Crippen molar-refractivity contribution in [1.29, 1.82) is 0 Å². The largest absolute Gasteiger partial charge is 0.271 e. The number of hydrogen-bond acceptors (Lipinski definition) is 2. The van der Waals surface area contributed by atoms with Crippen LogP contribution in [-0.2, 0) is 19.3 Å². The molecule has 0 saturated carbocycles. The fourth-order valence-electron chi connectivity index (χ4n) is 3.17. The van der Waals surface area contributed by atoms with Crippen molar-refractivity contribution < 1.29 is 4.79 Å². The fourth-order valence-corrected chi connectivity index (χ4v) is 3.17. The van der Waals surface area contributed by atoms with Crippen LogP contribution in [0.5, 0.6) is 0 Å². The van der Waals surface area contributed by atoms with Crippen LogP contribution in [0.4, 0.5) is 0 Å². The molecule has 0 radical (unpaired) electrons. The molecule has 142 valence electrons. The Labute approximate surface area is 167 Å². The summed E-state index contributed by atoms with van der Waals surface area (Å²) >= 11 is 0. The van der Waals surface area contributed by atoms with Crippen molar-refractivity contribution >= 4 is 12.1 Å². The number of benzene rings is 3. The molecule has 3 rings (SSSR count). The SMILES string of the molecule is CCCc1ccc(C=NNC(=O)c2ccccc2CCc2ccccc2)cc1.